The molecule has 26 heavy (non-hydrogen) atoms. The van der Waals surface area contributed by atoms with Crippen LogP contribution in [0.25, 0.3) is 22.3 Å². The molecule has 0 N–H and O–H groups in total. The molecule has 0 saturated heterocycles. The van der Waals surface area contributed by atoms with E-state index in [-0.39, 0.29) is 5.43 Å². The van der Waals surface area contributed by atoms with Crippen LogP contribution >= 0.6 is 11.6 Å². The van der Waals surface area contributed by atoms with Crippen LogP contribution in [0.15, 0.2) is 93.1 Å². The molecular weight excluding hydrogens is 346 g/mol. The third kappa shape index (κ3) is 3.44. The predicted octanol–water partition coefficient (Wildman–Crippen LogP) is 5.86. The molecule has 0 unspecified atom stereocenters. The third-order valence-corrected chi connectivity index (χ3v) is 4.27. The van der Waals surface area contributed by atoms with Crippen molar-refractivity contribution in [3.8, 4) is 11.3 Å². The molecule has 4 aromatic rings. The van der Waals surface area contributed by atoms with Crippen LogP contribution in [0.3, 0.4) is 0 Å². The highest BCUT2D eigenvalue weighted by Gasteiger charge is 2.06. The minimum Gasteiger partial charge on any atom is -0.456 e. The number of halogens is 1. The lowest BCUT2D eigenvalue weighted by Gasteiger charge is -2.03. The maximum atomic E-state index is 12.2. The zero-order chi connectivity index (χ0) is 17.9. The van der Waals surface area contributed by atoms with Crippen molar-refractivity contribution in [3.63, 3.8) is 0 Å². The second-order valence-electron chi connectivity index (χ2n) is 5.83. The van der Waals surface area contributed by atoms with Crippen molar-refractivity contribution in [1.82, 2.24) is 0 Å². The highest BCUT2D eigenvalue weighted by molar-refractivity contribution is 6.30. The van der Waals surface area contributed by atoms with E-state index in [9.17, 15) is 4.79 Å². The summed E-state index contributed by atoms with van der Waals surface area (Å²) in [6.45, 7) is 0. The van der Waals surface area contributed by atoms with Crippen LogP contribution in [-0.4, -0.2) is 6.21 Å². The first-order valence-electron chi connectivity index (χ1n) is 8.12. The number of fused-ring (bicyclic) bond motifs is 1. The average Bonchev–Trinajstić information content (AvgIpc) is 2.68. The van der Waals surface area contributed by atoms with Gasteiger partial charge in [0, 0.05) is 22.9 Å². The fourth-order valence-electron chi connectivity index (χ4n) is 2.66. The van der Waals surface area contributed by atoms with Crippen molar-refractivity contribution in [2.45, 2.75) is 0 Å². The number of rotatable bonds is 3. The molecule has 0 atom stereocenters. The average molecular weight is 360 g/mol. The number of hydrogen-bond donors (Lipinski definition) is 0. The van der Waals surface area contributed by atoms with Crippen molar-refractivity contribution in [3.05, 3.63) is 99.7 Å². The summed E-state index contributed by atoms with van der Waals surface area (Å²) in [5.74, 6) is 0.543. The van der Waals surface area contributed by atoms with Crippen LogP contribution in [0, 0.1) is 0 Å². The molecule has 0 amide bonds. The molecule has 0 fully saturated rings. The fourth-order valence-corrected chi connectivity index (χ4v) is 2.78. The summed E-state index contributed by atoms with van der Waals surface area (Å²) in [5.41, 5.74) is 3.15. The zero-order valence-corrected chi connectivity index (χ0v) is 14.5. The number of para-hydroxylation sites is 1. The van der Waals surface area contributed by atoms with E-state index in [2.05, 4.69) is 4.99 Å². The summed E-state index contributed by atoms with van der Waals surface area (Å²) in [7, 11) is 0. The molecule has 4 rings (SSSR count). The van der Waals surface area contributed by atoms with Gasteiger partial charge in [-0.3, -0.25) is 9.79 Å². The van der Waals surface area contributed by atoms with Crippen molar-refractivity contribution >= 4 is 34.5 Å². The molecule has 0 aliphatic carbocycles. The van der Waals surface area contributed by atoms with Gasteiger partial charge in [-0.05, 0) is 54.1 Å². The van der Waals surface area contributed by atoms with Crippen LogP contribution in [0.4, 0.5) is 5.69 Å². The van der Waals surface area contributed by atoms with E-state index >= 15 is 0 Å². The van der Waals surface area contributed by atoms with Gasteiger partial charge in [-0.15, -0.1) is 0 Å². The Balaban J connectivity index is 1.61. The Kier molecular flexibility index (Phi) is 4.38. The lowest BCUT2D eigenvalue weighted by molar-refractivity contribution is 0.619. The van der Waals surface area contributed by atoms with Crippen molar-refractivity contribution in [2.24, 2.45) is 4.99 Å². The Hall–Kier alpha value is -3.17. The Bertz CT molecular complexity index is 1140. The summed E-state index contributed by atoms with van der Waals surface area (Å²) in [6, 6.07) is 23.8. The highest BCUT2D eigenvalue weighted by atomic mass is 35.5. The normalized spacial score (nSPS) is 11.3. The number of benzene rings is 3. The second-order valence-corrected chi connectivity index (χ2v) is 6.26. The third-order valence-electron chi connectivity index (χ3n) is 4.02. The van der Waals surface area contributed by atoms with E-state index in [1.165, 1.54) is 6.07 Å². The molecule has 0 aliphatic heterocycles. The molecule has 0 spiro atoms. The topological polar surface area (TPSA) is 42.6 Å². The summed E-state index contributed by atoms with van der Waals surface area (Å²) in [5, 5.41) is 1.28. The van der Waals surface area contributed by atoms with E-state index in [0.29, 0.717) is 21.8 Å². The van der Waals surface area contributed by atoms with Gasteiger partial charge < -0.3 is 4.42 Å². The first-order valence-corrected chi connectivity index (χ1v) is 8.50. The van der Waals surface area contributed by atoms with Gasteiger partial charge in [0.15, 0.2) is 5.43 Å². The molecule has 126 valence electrons. The molecule has 4 heteroatoms. The number of aliphatic imine (C=N–C) groups is 1. The number of hydrogen-bond acceptors (Lipinski definition) is 3. The maximum absolute atomic E-state index is 12.2. The van der Waals surface area contributed by atoms with Crippen LogP contribution in [0.5, 0.6) is 0 Å². The molecule has 1 heterocycles. The summed E-state index contributed by atoms with van der Waals surface area (Å²) >= 11 is 5.88. The standard InChI is InChI=1S/C22H14ClNO2/c23-17-9-5-15(6-10-17)14-24-18-11-7-16(8-12-18)22-13-20(25)19-3-1-2-4-21(19)26-22/h1-14H. The van der Waals surface area contributed by atoms with Gasteiger partial charge in [0.1, 0.15) is 11.3 Å². The summed E-state index contributed by atoms with van der Waals surface area (Å²) in [4.78, 5) is 16.7. The Labute approximate surface area is 155 Å². The minimum absolute atomic E-state index is 0.0494. The quantitative estimate of drug-likeness (QED) is 0.430. The minimum atomic E-state index is -0.0494. The smallest absolute Gasteiger partial charge is 0.193 e. The van der Waals surface area contributed by atoms with E-state index in [4.69, 9.17) is 16.0 Å². The molecule has 0 saturated carbocycles. The van der Waals surface area contributed by atoms with Gasteiger partial charge >= 0.3 is 0 Å². The predicted molar refractivity (Wildman–Crippen MR) is 107 cm³/mol. The van der Waals surface area contributed by atoms with Gasteiger partial charge in [-0.1, -0.05) is 35.9 Å². The van der Waals surface area contributed by atoms with Crippen LogP contribution in [0.2, 0.25) is 5.02 Å². The molecule has 3 aromatic carbocycles. The van der Waals surface area contributed by atoms with Gasteiger partial charge in [-0.2, -0.15) is 0 Å². The van der Waals surface area contributed by atoms with Gasteiger partial charge in [0.2, 0.25) is 0 Å². The van der Waals surface area contributed by atoms with Gasteiger partial charge in [0.05, 0.1) is 11.1 Å². The van der Waals surface area contributed by atoms with Crippen LogP contribution < -0.4 is 5.43 Å². The summed E-state index contributed by atoms with van der Waals surface area (Å²) in [6.07, 6.45) is 1.78. The van der Waals surface area contributed by atoms with Crippen LogP contribution in [-0.2, 0) is 0 Å². The Morgan fingerprint density at radius 2 is 1.62 bits per heavy atom. The van der Waals surface area contributed by atoms with E-state index in [0.717, 1.165) is 16.8 Å². The molecule has 1 aromatic heterocycles. The van der Waals surface area contributed by atoms with E-state index in [1.54, 1.807) is 18.3 Å². The van der Waals surface area contributed by atoms with Crippen molar-refractivity contribution in [2.75, 3.05) is 0 Å². The molecule has 0 bridgehead atoms. The SMILES string of the molecule is O=c1cc(-c2ccc(N=Cc3ccc(Cl)cc3)cc2)oc2ccccc12. The monoisotopic (exact) mass is 359 g/mol. The highest BCUT2D eigenvalue weighted by Crippen LogP contribution is 2.24. The van der Waals surface area contributed by atoms with E-state index < -0.39 is 0 Å². The Morgan fingerprint density at radius 1 is 0.885 bits per heavy atom. The first kappa shape index (κ1) is 16.3. The molecule has 0 aliphatic rings. The Morgan fingerprint density at radius 3 is 2.38 bits per heavy atom. The maximum Gasteiger partial charge on any atom is 0.193 e. The second kappa shape index (κ2) is 6.98. The van der Waals surface area contributed by atoms with Crippen LogP contribution in [0.1, 0.15) is 5.56 Å². The lowest BCUT2D eigenvalue weighted by atomic mass is 10.1. The zero-order valence-electron chi connectivity index (χ0n) is 13.7. The lowest BCUT2D eigenvalue weighted by Crippen LogP contribution is -1.99. The van der Waals surface area contributed by atoms with Crippen molar-refractivity contribution < 1.29 is 4.42 Å². The van der Waals surface area contributed by atoms with Crippen molar-refractivity contribution in [1.29, 1.82) is 0 Å². The number of nitrogens with zero attached hydrogens (tertiary/aromatic N) is 1. The fraction of sp³-hybridized carbons (Fsp3) is 0. The molecule has 3 nitrogen and oxygen atoms in total. The first-order chi connectivity index (χ1) is 12.7. The van der Waals surface area contributed by atoms with Gasteiger partial charge in [0.25, 0.3) is 0 Å². The van der Waals surface area contributed by atoms with Gasteiger partial charge in [-0.25, -0.2) is 0 Å². The van der Waals surface area contributed by atoms with E-state index in [1.807, 2.05) is 60.7 Å². The largest absolute Gasteiger partial charge is 0.456 e. The molecular formula is C22H14ClNO2. The molecule has 0 radical (unpaired) electrons. The summed E-state index contributed by atoms with van der Waals surface area (Å²) < 4.78 is 5.86.